The Kier molecular flexibility index (Phi) is 2.44. The Morgan fingerprint density at radius 2 is 2.10 bits per heavy atom. The molecule has 0 saturated carbocycles. The van der Waals surface area contributed by atoms with E-state index >= 15 is 0 Å². The number of nitrogens with zero attached hydrogens (tertiary/aromatic N) is 1. The van der Waals surface area contributed by atoms with Crippen LogP contribution < -0.4 is 5.32 Å². The van der Waals surface area contributed by atoms with Crippen molar-refractivity contribution >= 4 is 0 Å². The van der Waals surface area contributed by atoms with Gasteiger partial charge in [0, 0.05) is 0 Å². The normalized spacial score (nSPS) is 20.4. The van der Waals surface area contributed by atoms with E-state index in [0.717, 1.165) is 25.9 Å². The molecule has 5 nitrogen and oxygen atoms in total. The summed E-state index contributed by atoms with van der Waals surface area (Å²) in [6.45, 7) is 1.64. The summed E-state index contributed by atoms with van der Waals surface area (Å²) in [4.78, 5) is 14.2. The zero-order chi connectivity index (χ0) is 7.40. The SMILES string of the molecule is O=[N+]([O-])OC1CCNCC1. The van der Waals surface area contributed by atoms with Gasteiger partial charge in [-0.3, -0.25) is 0 Å². The maximum absolute atomic E-state index is 9.83. The van der Waals surface area contributed by atoms with Crippen LogP contribution in [0.5, 0.6) is 0 Å². The Hall–Kier alpha value is -0.840. The van der Waals surface area contributed by atoms with Crippen LogP contribution in [-0.2, 0) is 4.84 Å². The van der Waals surface area contributed by atoms with Crippen molar-refractivity contribution in [1.29, 1.82) is 0 Å². The fourth-order valence-corrected chi connectivity index (χ4v) is 1.02. The molecule has 5 heteroatoms. The number of piperidine rings is 1. The number of hydrogen-bond donors (Lipinski definition) is 1. The van der Waals surface area contributed by atoms with Gasteiger partial charge in [0.2, 0.25) is 0 Å². The fourth-order valence-electron chi connectivity index (χ4n) is 1.02. The molecule has 1 N–H and O–H groups in total. The molecule has 1 aliphatic heterocycles. The van der Waals surface area contributed by atoms with Crippen LogP contribution in [0.15, 0.2) is 0 Å². The predicted molar refractivity (Wildman–Crippen MR) is 34.0 cm³/mol. The van der Waals surface area contributed by atoms with Crippen molar-refractivity contribution in [3.63, 3.8) is 0 Å². The molecule has 0 bridgehead atoms. The van der Waals surface area contributed by atoms with Crippen LogP contribution in [0.25, 0.3) is 0 Å². The van der Waals surface area contributed by atoms with E-state index < -0.39 is 5.09 Å². The van der Waals surface area contributed by atoms with Crippen LogP contribution >= 0.6 is 0 Å². The summed E-state index contributed by atoms with van der Waals surface area (Å²) in [5.41, 5.74) is 0. The molecule has 0 aromatic heterocycles. The zero-order valence-corrected chi connectivity index (χ0v) is 5.58. The molecule has 1 aliphatic rings. The van der Waals surface area contributed by atoms with Crippen molar-refractivity contribution < 1.29 is 9.92 Å². The van der Waals surface area contributed by atoms with Crippen LogP contribution in [0.4, 0.5) is 0 Å². The van der Waals surface area contributed by atoms with Crippen molar-refractivity contribution in [3.05, 3.63) is 10.1 Å². The van der Waals surface area contributed by atoms with Crippen LogP contribution in [0, 0.1) is 10.1 Å². The van der Waals surface area contributed by atoms with Gasteiger partial charge in [-0.1, -0.05) is 0 Å². The molecule has 0 amide bonds. The second-order valence-corrected chi connectivity index (χ2v) is 2.28. The molecule has 1 rings (SSSR count). The summed E-state index contributed by atoms with van der Waals surface area (Å²) in [7, 11) is 0. The first kappa shape index (κ1) is 7.27. The van der Waals surface area contributed by atoms with E-state index in [1.807, 2.05) is 0 Å². The molecule has 0 radical (unpaired) electrons. The van der Waals surface area contributed by atoms with Gasteiger partial charge in [0.05, 0.1) is 0 Å². The Morgan fingerprint density at radius 3 is 2.60 bits per heavy atom. The van der Waals surface area contributed by atoms with Gasteiger partial charge in [-0.2, -0.15) is 0 Å². The smallest absolute Gasteiger partial charge is 0.294 e. The molecule has 0 aliphatic carbocycles. The Labute approximate surface area is 58.5 Å². The van der Waals surface area contributed by atoms with E-state index in [-0.39, 0.29) is 6.10 Å². The minimum absolute atomic E-state index is 0.184. The number of hydrogen-bond acceptors (Lipinski definition) is 4. The average Bonchev–Trinajstić information content (AvgIpc) is 1.88. The van der Waals surface area contributed by atoms with E-state index in [4.69, 9.17) is 0 Å². The third kappa shape index (κ3) is 2.18. The summed E-state index contributed by atoms with van der Waals surface area (Å²) in [5.74, 6) is 0. The predicted octanol–water partition coefficient (Wildman–Crippen LogP) is -0.0533. The quantitative estimate of drug-likeness (QED) is 0.438. The minimum atomic E-state index is -0.712. The van der Waals surface area contributed by atoms with Crippen LogP contribution in [-0.4, -0.2) is 24.3 Å². The van der Waals surface area contributed by atoms with Gasteiger partial charge in [0.25, 0.3) is 5.09 Å². The largest absolute Gasteiger partial charge is 0.317 e. The topological polar surface area (TPSA) is 64.4 Å². The molecule has 1 saturated heterocycles. The van der Waals surface area contributed by atoms with Crippen molar-refractivity contribution in [3.8, 4) is 0 Å². The van der Waals surface area contributed by atoms with Gasteiger partial charge >= 0.3 is 0 Å². The van der Waals surface area contributed by atoms with E-state index in [1.165, 1.54) is 0 Å². The van der Waals surface area contributed by atoms with Gasteiger partial charge in [-0.25, -0.2) is 0 Å². The lowest BCUT2D eigenvalue weighted by atomic mass is 10.1. The van der Waals surface area contributed by atoms with Gasteiger partial charge < -0.3 is 10.2 Å². The lowest BCUT2D eigenvalue weighted by Gasteiger charge is -2.19. The van der Waals surface area contributed by atoms with Gasteiger partial charge in [-0.15, -0.1) is 10.1 Å². The lowest BCUT2D eigenvalue weighted by Crippen LogP contribution is -2.33. The van der Waals surface area contributed by atoms with Crippen molar-refractivity contribution in [2.45, 2.75) is 18.9 Å². The van der Waals surface area contributed by atoms with Crippen molar-refractivity contribution in [2.24, 2.45) is 0 Å². The average molecular weight is 146 g/mol. The molecule has 0 spiro atoms. The number of rotatable bonds is 2. The molecule has 0 aromatic carbocycles. The van der Waals surface area contributed by atoms with E-state index in [9.17, 15) is 10.1 Å². The highest BCUT2D eigenvalue weighted by Gasteiger charge is 2.15. The fraction of sp³-hybridized carbons (Fsp3) is 1.00. The summed E-state index contributed by atoms with van der Waals surface area (Å²) in [6.07, 6.45) is 1.29. The second kappa shape index (κ2) is 3.36. The third-order valence-corrected chi connectivity index (χ3v) is 1.52. The van der Waals surface area contributed by atoms with Crippen molar-refractivity contribution in [2.75, 3.05) is 13.1 Å². The first-order valence-corrected chi connectivity index (χ1v) is 3.31. The first-order chi connectivity index (χ1) is 4.79. The van der Waals surface area contributed by atoms with Crippen LogP contribution in [0.3, 0.4) is 0 Å². The van der Waals surface area contributed by atoms with E-state index in [1.54, 1.807) is 0 Å². The Balaban J connectivity index is 2.19. The summed E-state index contributed by atoms with van der Waals surface area (Å²) in [6, 6.07) is 0. The van der Waals surface area contributed by atoms with E-state index in [2.05, 4.69) is 10.2 Å². The standard InChI is InChI=1S/C5H10N2O3/c8-7(9)10-5-1-3-6-4-2-5/h5-6H,1-4H2. The van der Waals surface area contributed by atoms with E-state index in [0.29, 0.717) is 0 Å². The van der Waals surface area contributed by atoms with Gasteiger partial charge in [0.1, 0.15) is 6.10 Å². The number of nitrogens with one attached hydrogen (secondary N) is 1. The summed E-state index contributed by atoms with van der Waals surface area (Å²) < 4.78 is 0. The first-order valence-electron chi connectivity index (χ1n) is 3.31. The molecule has 1 fully saturated rings. The van der Waals surface area contributed by atoms with Crippen LogP contribution in [0.1, 0.15) is 12.8 Å². The Bertz CT molecular complexity index is 122. The zero-order valence-electron chi connectivity index (χ0n) is 5.58. The highest BCUT2D eigenvalue weighted by Crippen LogP contribution is 2.06. The summed E-state index contributed by atoms with van der Waals surface area (Å²) in [5, 5.41) is 12.2. The molecule has 0 atom stereocenters. The molecule has 0 aromatic rings. The minimum Gasteiger partial charge on any atom is -0.317 e. The highest BCUT2D eigenvalue weighted by molar-refractivity contribution is 4.66. The van der Waals surface area contributed by atoms with Crippen molar-refractivity contribution in [1.82, 2.24) is 5.32 Å². The highest BCUT2D eigenvalue weighted by atomic mass is 17.0. The molecular weight excluding hydrogens is 136 g/mol. The Morgan fingerprint density at radius 1 is 1.50 bits per heavy atom. The molecule has 1 heterocycles. The monoisotopic (exact) mass is 146 g/mol. The van der Waals surface area contributed by atoms with Crippen LogP contribution in [0.2, 0.25) is 0 Å². The molecule has 0 unspecified atom stereocenters. The summed E-state index contributed by atoms with van der Waals surface area (Å²) >= 11 is 0. The molecular formula is C5H10N2O3. The second-order valence-electron chi connectivity index (χ2n) is 2.28. The lowest BCUT2D eigenvalue weighted by molar-refractivity contribution is -0.769. The molecule has 10 heavy (non-hydrogen) atoms. The maximum Gasteiger partial charge on any atom is 0.294 e. The van der Waals surface area contributed by atoms with Gasteiger partial charge in [-0.05, 0) is 25.9 Å². The van der Waals surface area contributed by atoms with Gasteiger partial charge in [0.15, 0.2) is 0 Å². The third-order valence-electron chi connectivity index (χ3n) is 1.52. The molecule has 58 valence electrons. The maximum atomic E-state index is 9.83.